The number of benzene rings is 1. The summed E-state index contributed by atoms with van der Waals surface area (Å²) in [5.41, 5.74) is -0.565. The van der Waals surface area contributed by atoms with E-state index in [9.17, 15) is 13.5 Å². The fourth-order valence-electron chi connectivity index (χ4n) is 2.22. The van der Waals surface area contributed by atoms with E-state index >= 15 is 0 Å². The van der Waals surface area contributed by atoms with E-state index in [4.69, 9.17) is 11.6 Å². The summed E-state index contributed by atoms with van der Waals surface area (Å²) in [5.74, 6) is -0.248. The van der Waals surface area contributed by atoms with Crippen LogP contribution in [0.15, 0.2) is 35.2 Å². The predicted octanol–water partition coefficient (Wildman–Crippen LogP) is 3.35. The summed E-state index contributed by atoms with van der Waals surface area (Å²) in [6.07, 6.45) is -0.413. The van der Waals surface area contributed by atoms with Gasteiger partial charge >= 0.3 is 0 Å². The van der Waals surface area contributed by atoms with Crippen molar-refractivity contribution in [2.24, 2.45) is 11.3 Å². The van der Waals surface area contributed by atoms with E-state index in [1.165, 1.54) is 12.1 Å². The first-order valence-electron chi connectivity index (χ1n) is 7.41. The summed E-state index contributed by atoms with van der Waals surface area (Å²) in [4.78, 5) is -1.34. The number of rotatable bonds is 6. The highest BCUT2D eigenvalue weighted by Crippen LogP contribution is 2.38. The summed E-state index contributed by atoms with van der Waals surface area (Å²) < 4.78 is 27.7. The third kappa shape index (κ3) is 4.22. The van der Waals surface area contributed by atoms with Crippen LogP contribution in [0.1, 0.15) is 41.0 Å². The zero-order valence-electron chi connectivity index (χ0n) is 13.8. The lowest BCUT2D eigenvalue weighted by Gasteiger charge is -2.43. The Morgan fingerprint density at radius 3 is 2.14 bits per heavy atom. The minimum atomic E-state index is -3.82. The molecule has 3 atom stereocenters. The molecule has 1 aromatic carbocycles. The van der Waals surface area contributed by atoms with Crippen molar-refractivity contribution in [3.8, 4) is 0 Å². The van der Waals surface area contributed by atoms with Gasteiger partial charge in [0, 0.05) is 0 Å². The molecular weight excluding hydrogens is 322 g/mol. The molecule has 0 aliphatic rings. The molecule has 0 bridgehead atoms. The van der Waals surface area contributed by atoms with Crippen LogP contribution in [-0.2, 0) is 10.0 Å². The second-order valence-corrected chi connectivity index (χ2v) is 9.07. The van der Waals surface area contributed by atoms with Crippen LogP contribution in [0.4, 0.5) is 0 Å². The third-order valence-electron chi connectivity index (χ3n) is 3.89. The van der Waals surface area contributed by atoms with Crippen LogP contribution in [0.25, 0.3) is 0 Å². The van der Waals surface area contributed by atoms with Gasteiger partial charge in [0.25, 0.3) is 0 Å². The molecule has 0 amide bonds. The Morgan fingerprint density at radius 1 is 1.23 bits per heavy atom. The zero-order chi connectivity index (χ0) is 17.2. The average Bonchev–Trinajstić information content (AvgIpc) is 2.45. The fraction of sp³-hybridized carbons (Fsp3) is 0.625. The SMILES string of the molecule is CC[C@H](C)[C@@](Cl)(NS(=O)(=O)c1ccccc1)[C@@H](O)C(C)(C)C. The molecule has 0 radical (unpaired) electrons. The fourth-order valence-corrected chi connectivity index (χ4v) is 4.36. The van der Waals surface area contributed by atoms with Crippen LogP contribution in [0.3, 0.4) is 0 Å². The van der Waals surface area contributed by atoms with Crippen molar-refractivity contribution in [2.45, 2.75) is 57.0 Å². The smallest absolute Gasteiger partial charge is 0.242 e. The maximum atomic E-state index is 12.6. The molecule has 22 heavy (non-hydrogen) atoms. The Kier molecular flexibility index (Phi) is 6.07. The molecule has 4 nitrogen and oxygen atoms in total. The highest BCUT2D eigenvalue weighted by atomic mass is 35.5. The molecule has 0 saturated heterocycles. The van der Waals surface area contributed by atoms with Crippen molar-refractivity contribution in [3.05, 3.63) is 30.3 Å². The van der Waals surface area contributed by atoms with E-state index in [2.05, 4.69) is 4.72 Å². The lowest BCUT2D eigenvalue weighted by atomic mass is 9.79. The number of nitrogens with one attached hydrogen (secondary N) is 1. The lowest BCUT2D eigenvalue weighted by molar-refractivity contribution is 0.00133. The van der Waals surface area contributed by atoms with Gasteiger partial charge in [0.1, 0.15) is 5.00 Å². The van der Waals surface area contributed by atoms with E-state index in [1.54, 1.807) is 18.2 Å². The summed E-state index contributed by atoms with van der Waals surface area (Å²) in [6.45, 7) is 9.22. The van der Waals surface area contributed by atoms with Crippen molar-refractivity contribution in [1.29, 1.82) is 0 Å². The second kappa shape index (κ2) is 6.87. The van der Waals surface area contributed by atoms with E-state index in [1.807, 2.05) is 34.6 Å². The Balaban J connectivity index is 3.26. The van der Waals surface area contributed by atoms with Gasteiger partial charge in [0.2, 0.25) is 10.0 Å². The van der Waals surface area contributed by atoms with Crippen molar-refractivity contribution in [1.82, 2.24) is 4.72 Å². The highest BCUT2D eigenvalue weighted by Gasteiger charge is 2.48. The number of alkyl halides is 1. The maximum absolute atomic E-state index is 12.6. The van der Waals surface area contributed by atoms with Crippen molar-refractivity contribution >= 4 is 21.6 Å². The Hall–Kier alpha value is -0.620. The van der Waals surface area contributed by atoms with Crippen LogP contribution < -0.4 is 4.72 Å². The Labute approximate surface area is 138 Å². The minimum Gasteiger partial charge on any atom is -0.389 e. The monoisotopic (exact) mass is 347 g/mol. The van der Waals surface area contributed by atoms with E-state index in [0.29, 0.717) is 6.42 Å². The molecule has 1 rings (SSSR count). The Bertz CT molecular complexity index is 583. The molecule has 6 heteroatoms. The Morgan fingerprint density at radius 2 is 1.73 bits per heavy atom. The van der Waals surface area contributed by atoms with Crippen LogP contribution in [0, 0.1) is 11.3 Å². The van der Waals surface area contributed by atoms with Gasteiger partial charge in [-0.2, -0.15) is 4.72 Å². The first-order valence-corrected chi connectivity index (χ1v) is 9.27. The molecule has 0 spiro atoms. The second-order valence-electron chi connectivity index (χ2n) is 6.76. The first-order chi connectivity index (χ1) is 9.95. The standard InChI is InChI=1S/C16H26ClNO3S/c1-6-12(2)16(17,14(19)15(3,4)5)18-22(20,21)13-10-8-7-9-11-13/h7-12,14,18-19H,6H2,1-5H3/t12-,14-,16+/m0/s1. The van der Waals surface area contributed by atoms with Gasteiger partial charge in [0.15, 0.2) is 0 Å². The quantitative estimate of drug-likeness (QED) is 0.612. The normalized spacial score (nSPS) is 18.5. The summed E-state index contributed by atoms with van der Waals surface area (Å²) in [6, 6.07) is 8.03. The molecule has 126 valence electrons. The van der Waals surface area contributed by atoms with Gasteiger partial charge < -0.3 is 5.11 Å². The molecule has 2 N–H and O–H groups in total. The molecule has 0 unspecified atom stereocenters. The van der Waals surface area contributed by atoms with E-state index in [-0.39, 0.29) is 10.8 Å². The van der Waals surface area contributed by atoms with Crippen LogP contribution in [0.5, 0.6) is 0 Å². The van der Waals surface area contributed by atoms with Crippen LogP contribution in [0.2, 0.25) is 0 Å². The van der Waals surface area contributed by atoms with E-state index in [0.717, 1.165) is 0 Å². The molecular formula is C16H26ClNO3S. The number of hydrogen-bond donors (Lipinski definition) is 2. The topological polar surface area (TPSA) is 66.4 Å². The molecule has 0 aliphatic heterocycles. The van der Waals surface area contributed by atoms with Gasteiger partial charge in [-0.25, -0.2) is 8.42 Å². The molecule has 0 aliphatic carbocycles. The third-order valence-corrected chi connectivity index (χ3v) is 6.18. The van der Waals surface area contributed by atoms with Gasteiger partial charge in [0.05, 0.1) is 11.0 Å². The number of aliphatic hydroxyl groups is 1. The van der Waals surface area contributed by atoms with Crippen LogP contribution in [-0.4, -0.2) is 24.6 Å². The highest BCUT2D eigenvalue weighted by molar-refractivity contribution is 7.89. The summed E-state index contributed by atoms with van der Waals surface area (Å²) in [7, 11) is -3.82. The molecule has 0 aromatic heterocycles. The van der Waals surface area contributed by atoms with Crippen molar-refractivity contribution in [3.63, 3.8) is 0 Å². The average molecular weight is 348 g/mol. The molecule has 0 fully saturated rings. The van der Waals surface area contributed by atoms with Crippen LogP contribution >= 0.6 is 11.6 Å². The maximum Gasteiger partial charge on any atom is 0.242 e. The van der Waals surface area contributed by atoms with Crippen molar-refractivity contribution < 1.29 is 13.5 Å². The first kappa shape index (κ1) is 19.4. The number of sulfonamides is 1. The molecule has 0 saturated carbocycles. The molecule has 0 heterocycles. The van der Waals surface area contributed by atoms with Gasteiger partial charge in [-0.3, -0.25) is 0 Å². The van der Waals surface area contributed by atoms with Gasteiger partial charge in [-0.1, -0.05) is 70.8 Å². The summed E-state index contributed by atoms with van der Waals surface area (Å²) in [5, 5.41) is 10.7. The number of aliphatic hydroxyl groups excluding tert-OH is 1. The lowest BCUT2D eigenvalue weighted by Crippen LogP contribution is -2.60. The van der Waals surface area contributed by atoms with Gasteiger partial charge in [-0.15, -0.1) is 0 Å². The summed E-state index contributed by atoms with van der Waals surface area (Å²) >= 11 is 6.62. The van der Waals surface area contributed by atoms with Gasteiger partial charge in [-0.05, 0) is 23.5 Å². The van der Waals surface area contributed by atoms with E-state index < -0.39 is 26.5 Å². The molecule has 1 aromatic rings. The van der Waals surface area contributed by atoms with Crippen molar-refractivity contribution in [2.75, 3.05) is 0 Å². The minimum absolute atomic E-state index is 0.129. The predicted molar refractivity (Wildman–Crippen MR) is 90.3 cm³/mol. The number of hydrogen-bond acceptors (Lipinski definition) is 3. The number of halogens is 1. The zero-order valence-corrected chi connectivity index (χ0v) is 15.4. The largest absolute Gasteiger partial charge is 0.389 e.